The van der Waals surface area contributed by atoms with Crippen molar-refractivity contribution in [1.82, 2.24) is 9.78 Å². The van der Waals surface area contributed by atoms with Crippen LogP contribution in [0.4, 0.5) is 0 Å². The maximum absolute atomic E-state index is 5.84. The number of hydrogen-bond donors (Lipinski definition) is 0. The molecule has 2 heterocycles. The maximum atomic E-state index is 5.84. The summed E-state index contributed by atoms with van der Waals surface area (Å²) >= 11 is 1.78. The number of aromatic nitrogens is 2. The molecule has 1 aliphatic rings. The van der Waals surface area contributed by atoms with Crippen LogP contribution in [-0.4, -0.2) is 23.0 Å². The van der Waals surface area contributed by atoms with E-state index in [1.807, 2.05) is 35.0 Å². The highest BCUT2D eigenvalue weighted by Gasteiger charge is 2.14. The first-order valence-electron chi connectivity index (χ1n) is 10.1. The third kappa shape index (κ3) is 4.07. The van der Waals surface area contributed by atoms with Gasteiger partial charge in [-0.1, -0.05) is 48.5 Å². The first-order valence-corrected chi connectivity index (χ1v) is 11.1. The van der Waals surface area contributed by atoms with E-state index in [2.05, 4.69) is 54.7 Å². The van der Waals surface area contributed by atoms with E-state index in [0.29, 0.717) is 13.2 Å². The number of ether oxygens (including phenoxy) is 2. The van der Waals surface area contributed by atoms with Gasteiger partial charge in [0.15, 0.2) is 11.5 Å². The van der Waals surface area contributed by atoms with Crippen LogP contribution in [0.15, 0.2) is 90.0 Å². The standard InChI is InChI=1S/C25H22N2O2S/c1-3-8-19(9-4-1)25-20(17-27(26-25)21-10-5-2-6-11-21)18-30-22-12-13-23-24(16-22)29-15-7-14-28-23/h1-6,8-13,16-17H,7,14-15,18H2. The van der Waals surface area contributed by atoms with E-state index in [1.54, 1.807) is 11.8 Å². The van der Waals surface area contributed by atoms with Gasteiger partial charge in [-0.2, -0.15) is 5.10 Å². The van der Waals surface area contributed by atoms with Gasteiger partial charge in [-0.25, -0.2) is 4.68 Å². The lowest BCUT2D eigenvalue weighted by Crippen LogP contribution is -1.97. The van der Waals surface area contributed by atoms with Crippen LogP contribution < -0.4 is 9.47 Å². The highest BCUT2D eigenvalue weighted by molar-refractivity contribution is 7.98. The van der Waals surface area contributed by atoms with Crippen molar-refractivity contribution in [2.75, 3.05) is 13.2 Å². The van der Waals surface area contributed by atoms with Gasteiger partial charge in [0.1, 0.15) is 0 Å². The molecular weight excluding hydrogens is 392 g/mol. The van der Waals surface area contributed by atoms with Gasteiger partial charge in [-0.15, -0.1) is 11.8 Å². The van der Waals surface area contributed by atoms with Crippen molar-refractivity contribution in [1.29, 1.82) is 0 Å². The summed E-state index contributed by atoms with van der Waals surface area (Å²) in [6, 6.07) is 26.8. The molecular formula is C25H22N2O2S. The first kappa shape index (κ1) is 18.8. The van der Waals surface area contributed by atoms with Crippen molar-refractivity contribution in [3.63, 3.8) is 0 Å². The van der Waals surface area contributed by atoms with Crippen LogP contribution in [0.1, 0.15) is 12.0 Å². The average Bonchev–Trinajstić information content (AvgIpc) is 3.10. The number of fused-ring (bicyclic) bond motifs is 1. The van der Waals surface area contributed by atoms with Crippen molar-refractivity contribution >= 4 is 11.8 Å². The fraction of sp³-hybridized carbons (Fsp3) is 0.160. The lowest BCUT2D eigenvalue weighted by molar-refractivity contribution is 0.297. The van der Waals surface area contributed by atoms with Gasteiger partial charge >= 0.3 is 0 Å². The second kappa shape index (κ2) is 8.67. The van der Waals surface area contributed by atoms with Gasteiger partial charge in [-0.05, 0) is 30.3 Å². The Labute approximate surface area is 180 Å². The van der Waals surface area contributed by atoms with Crippen LogP contribution in [0.2, 0.25) is 0 Å². The van der Waals surface area contributed by atoms with E-state index < -0.39 is 0 Å². The Bertz CT molecular complexity index is 1130. The molecule has 30 heavy (non-hydrogen) atoms. The number of benzene rings is 3. The van der Waals surface area contributed by atoms with E-state index in [1.165, 1.54) is 5.56 Å². The molecule has 1 aromatic heterocycles. The molecule has 0 bridgehead atoms. The summed E-state index contributed by atoms with van der Waals surface area (Å²) in [6.07, 6.45) is 3.05. The minimum Gasteiger partial charge on any atom is -0.490 e. The molecule has 0 fully saturated rings. The summed E-state index contributed by atoms with van der Waals surface area (Å²) in [4.78, 5) is 1.16. The SMILES string of the molecule is c1ccc(-c2nn(-c3ccccc3)cc2CSc2ccc3c(c2)OCCCO3)cc1. The zero-order valence-electron chi connectivity index (χ0n) is 16.5. The van der Waals surface area contributed by atoms with E-state index in [9.17, 15) is 0 Å². The Hall–Kier alpha value is -3.18. The van der Waals surface area contributed by atoms with Crippen LogP contribution in [0.25, 0.3) is 16.9 Å². The summed E-state index contributed by atoms with van der Waals surface area (Å²) in [7, 11) is 0. The van der Waals surface area contributed by atoms with Gasteiger partial charge < -0.3 is 9.47 Å². The number of thioether (sulfide) groups is 1. The molecule has 0 N–H and O–H groups in total. The first-order chi connectivity index (χ1) is 14.9. The van der Waals surface area contributed by atoms with Crippen LogP contribution >= 0.6 is 11.8 Å². The van der Waals surface area contributed by atoms with Crippen molar-refractivity contribution in [2.24, 2.45) is 0 Å². The summed E-state index contributed by atoms with van der Waals surface area (Å²) in [6.45, 7) is 1.40. The fourth-order valence-electron chi connectivity index (χ4n) is 3.46. The zero-order valence-corrected chi connectivity index (χ0v) is 17.3. The summed E-state index contributed by atoms with van der Waals surface area (Å²) in [5, 5.41) is 4.90. The molecule has 0 aliphatic carbocycles. The molecule has 1 aliphatic heterocycles. The molecule has 3 aromatic carbocycles. The molecule has 0 saturated heterocycles. The smallest absolute Gasteiger partial charge is 0.162 e. The zero-order chi connectivity index (χ0) is 20.2. The Balaban J connectivity index is 1.43. The second-order valence-electron chi connectivity index (χ2n) is 7.10. The molecule has 5 heteroatoms. The van der Waals surface area contributed by atoms with Crippen LogP contribution in [0.3, 0.4) is 0 Å². The van der Waals surface area contributed by atoms with Gasteiger partial charge in [0.05, 0.1) is 24.6 Å². The number of rotatable bonds is 5. The molecule has 4 aromatic rings. The quantitative estimate of drug-likeness (QED) is 0.376. The predicted octanol–water partition coefficient (Wildman–Crippen LogP) is 5.99. The average molecular weight is 415 g/mol. The maximum Gasteiger partial charge on any atom is 0.162 e. The van der Waals surface area contributed by atoms with Crippen LogP contribution in [0.5, 0.6) is 11.5 Å². The third-order valence-corrected chi connectivity index (χ3v) is 6.01. The van der Waals surface area contributed by atoms with Crippen molar-refractivity contribution in [2.45, 2.75) is 17.1 Å². The lowest BCUT2D eigenvalue weighted by Gasteiger charge is -2.09. The summed E-state index contributed by atoms with van der Waals surface area (Å²) in [5.74, 6) is 2.48. The van der Waals surface area contributed by atoms with Crippen LogP contribution in [-0.2, 0) is 5.75 Å². The van der Waals surface area contributed by atoms with Gasteiger partial charge in [0, 0.05) is 34.4 Å². The van der Waals surface area contributed by atoms with Crippen LogP contribution in [0, 0.1) is 0 Å². The van der Waals surface area contributed by atoms with Gasteiger partial charge in [0.2, 0.25) is 0 Å². The third-order valence-electron chi connectivity index (χ3n) is 4.97. The van der Waals surface area contributed by atoms with Gasteiger partial charge in [0.25, 0.3) is 0 Å². The van der Waals surface area contributed by atoms with E-state index in [4.69, 9.17) is 14.6 Å². The Morgan fingerprint density at radius 2 is 1.57 bits per heavy atom. The predicted molar refractivity (Wildman–Crippen MR) is 121 cm³/mol. The molecule has 0 amide bonds. The molecule has 5 rings (SSSR count). The highest BCUT2D eigenvalue weighted by Crippen LogP contribution is 2.36. The Kier molecular flexibility index (Phi) is 5.44. The van der Waals surface area contributed by atoms with E-state index >= 15 is 0 Å². The van der Waals surface area contributed by atoms with E-state index in [0.717, 1.165) is 45.5 Å². The minimum atomic E-state index is 0.698. The summed E-state index contributed by atoms with van der Waals surface area (Å²) in [5.41, 5.74) is 4.39. The number of hydrogen-bond acceptors (Lipinski definition) is 4. The normalized spacial score (nSPS) is 13.1. The lowest BCUT2D eigenvalue weighted by atomic mass is 10.1. The van der Waals surface area contributed by atoms with Crippen molar-refractivity contribution in [3.05, 3.63) is 90.6 Å². The largest absolute Gasteiger partial charge is 0.490 e. The molecule has 0 spiro atoms. The molecule has 4 nitrogen and oxygen atoms in total. The van der Waals surface area contributed by atoms with Gasteiger partial charge in [-0.3, -0.25) is 0 Å². The van der Waals surface area contributed by atoms with Crippen molar-refractivity contribution in [3.8, 4) is 28.4 Å². The monoisotopic (exact) mass is 414 g/mol. The fourth-order valence-corrected chi connectivity index (χ4v) is 4.35. The minimum absolute atomic E-state index is 0.698. The highest BCUT2D eigenvalue weighted by atomic mass is 32.2. The van der Waals surface area contributed by atoms with Crippen molar-refractivity contribution < 1.29 is 9.47 Å². The molecule has 0 radical (unpaired) electrons. The molecule has 0 atom stereocenters. The molecule has 0 unspecified atom stereocenters. The second-order valence-corrected chi connectivity index (χ2v) is 8.15. The number of nitrogens with zero attached hydrogens (tertiary/aromatic N) is 2. The summed E-state index contributed by atoms with van der Waals surface area (Å²) < 4.78 is 13.6. The topological polar surface area (TPSA) is 36.3 Å². The molecule has 0 saturated carbocycles. The Morgan fingerprint density at radius 3 is 2.37 bits per heavy atom. The van der Waals surface area contributed by atoms with E-state index in [-0.39, 0.29) is 0 Å². The molecule has 150 valence electrons. The Morgan fingerprint density at radius 1 is 0.833 bits per heavy atom. The number of para-hydroxylation sites is 1.